The number of rotatable bonds is 9. The summed E-state index contributed by atoms with van der Waals surface area (Å²) in [5.41, 5.74) is 5.48. The van der Waals surface area contributed by atoms with E-state index >= 15 is 0 Å². The van der Waals surface area contributed by atoms with Crippen molar-refractivity contribution >= 4 is 33.7 Å². The first-order valence-electron chi connectivity index (χ1n) is 10.5. The average Bonchev–Trinajstić information content (AvgIpc) is 2.79. The third-order valence-electron chi connectivity index (χ3n) is 4.78. The van der Waals surface area contributed by atoms with E-state index in [1.54, 1.807) is 24.3 Å². The fourth-order valence-corrected chi connectivity index (χ4v) is 4.58. The molecule has 0 atom stereocenters. The van der Waals surface area contributed by atoms with Crippen molar-refractivity contribution in [2.24, 2.45) is 5.10 Å². The van der Waals surface area contributed by atoms with Crippen LogP contribution in [0.4, 0.5) is 5.69 Å². The predicted molar refractivity (Wildman–Crippen MR) is 132 cm³/mol. The third kappa shape index (κ3) is 7.09. The molecule has 9 heteroatoms. The van der Waals surface area contributed by atoms with E-state index in [4.69, 9.17) is 0 Å². The Morgan fingerprint density at radius 2 is 1.68 bits per heavy atom. The molecule has 0 aliphatic rings. The molecule has 2 amide bonds. The van der Waals surface area contributed by atoms with E-state index in [-0.39, 0.29) is 17.3 Å². The van der Waals surface area contributed by atoms with Gasteiger partial charge in [0.05, 0.1) is 17.7 Å². The number of hydrogen-bond acceptors (Lipinski definition) is 5. The van der Waals surface area contributed by atoms with Crippen molar-refractivity contribution in [1.82, 2.24) is 9.73 Å². The van der Waals surface area contributed by atoms with Crippen molar-refractivity contribution in [1.29, 1.82) is 0 Å². The van der Waals surface area contributed by atoms with E-state index in [0.717, 1.165) is 21.0 Å². The van der Waals surface area contributed by atoms with Gasteiger partial charge in [-0.15, -0.1) is 0 Å². The molecule has 0 aliphatic heterocycles. The van der Waals surface area contributed by atoms with Gasteiger partial charge in [0, 0.05) is 19.2 Å². The first-order chi connectivity index (χ1) is 16.2. The summed E-state index contributed by atoms with van der Waals surface area (Å²) in [4.78, 5) is 23.8. The maximum Gasteiger partial charge on any atom is 0.255 e. The van der Waals surface area contributed by atoms with E-state index in [2.05, 4.69) is 15.8 Å². The number of sulfonamides is 1. The normalized spacial score (nSPS) is 11.5. The van der Waals surface area contributed by atoms with E-state index in [0.29, 0.717) is 5.69 Å². The standard InChI is InChI=1S/C25H26N4O4S/c1-19-7-6-10-22(15-19)16-26-28-25(31)18-29(17-21-8-4-3-5-9-21)34(32,33)24-13-11-23(12-14-24)27-20(2)30/h3-16H,17-18H2,1-2H3,(H,27,30)(H,28,31). The Balaban J connectivity index is 1.78. The van der Waals surface area contributed by atoms with Gasteiger partial charge in [-0.25, -0.2) is 13.8 Å². The summed E-state index contributed by atoms with van der Waals surface area (Å²) in [6.45, 7) is 2.90. The largest absolute Gasteiger partial charge is 0.326 e. The number of carbonyl (C=O) groups excluding carboxylic acids is 2. The zero-order valence-corrected chi connectivity index (χ0v) is 19.7. The van der Waals surface area contributed by atoms with Gasteiger partial charge in [0.15, 0.2) is 0 Å². The number of carbonyl (C=O) groups is 2. The number of hydrazone groups is 1. The zero-order valence-electron chi connectivity index (χ0n) is 18.9. The fraction of sp³-hybridized carbons (Fsp3) is 0.160. The third-order valence-corrected chi connectivity index (χ3v) is 6.59. The van der Waals surface area contributed by atoms with Crippen LogP contribution in [0.3, 0.4) is 0 Å². The van der Waals surface area contributed by atoms with Crippen LogP contribution < -0.4 is 10.7 Å². The van der Waals surface area contributed by atoms with Crippen molar-refractivity contribution in [3.05, 3.63) is 95.6 Å². The molecule has 0 saturated heterocycles. The van der Waals surface area contributed by atoms with Gasteiger partial charge < -0.3 is 5.32 Å². The zero-order chi connectivity index (χ0) is 24.6. The summed E-state index contributed by atoms with van der Waals surface area (Å²) in [6.07, 6.45) is 1.50. The molecule has 0 saturated carbocycles. The lowest BCUT2D eigenvalue weighted by molar-refractivity contribution is -0.121. The summed E-state index contributed by atoms with van der Waals surface area (Å²) in [7, 11) is -4.01. The van der Waals surface area contributed by atoms with Gasteiger partial charge in [-0.3, -0.25) is 9.59 Å². The topological polar surface area (TPSA) is 108 Å². The second-order valence-corrected chi connectivity index (χ2v) is 9.61. The maximum atomic E-state index is 13.4. The Labute approximate surface area is 199 Å². The minimum atomic E-state index is -4.01. The van der Waals surface area contributed by atoms with Crippen LogP contribution in [0, 0.1) is 6.92 Å². The molecule has 3 aromatic carbocycles. The number of nitrogens with one attached hydrogen (secondary N) is 2. The smallest absolute Gasteiger partial charge is 0.255 e. The number of aryl methyl sites for hydroxylation is 1. The molecule has 2 N–H and O–H groups in total. The molecule has 176 valence electrons. The van der Waals surface area contributed by atoms with Gasteiger partial charge in [-0.1, -0.05) is 60.2 Å². The highest BCUT2D eigenvalue weighted by molar-refractivity contribution is 7.89. The first-order valence-corrected chi connectivity index (χ1v) is 12.0. The maximum absolute atomic E-state index is 13.4. The minimum Gasteiger partial charge on any atom is -0.326 e. The summed E-state index contributed by atoms with van der Waals surface area (Å²) >= 11 is 0. The molecule has 3 aromatic rings. The number of anilines is 1. The molecule has 0 aromatic heterocycles. The second kappa shape index (κ2) is 11.4. The number of amides is 2. The Morgan fingerprint density at radius 3 is 2.32 bits per heavy atom. The van der Waals surface area contributed by atoms with Crippen molar-refractivity contribution < 1.29 is 18.0 Å². The fourth-order valence-electron chi connectivity index (χ4n) is 3.20. The lowest BCUT2D eigenvalue weighted by Gasteiger charge is -2.21. The van der Waals surface area contributed by atoms with Gasteiger partial charge in [0.25, 0.3) is 5.91 Å². The molecule has 0 bridgehead atoms. The molecule has 0 fully saturated rings. The van der Waals surface area contributed by atoms with Crippen LogP contribution in [0.25, 0.3) is 0 Å². The highest BCUT2D eigenvalue weighted by atomic mass is 32.2. The molecule has 0 spiro atoms. The monoisotopic (exact) mass is 478 g/mol. The second-order valence-electron chi connectivity index (χ2n) is 7.67. The molecular weight excluding hydrogens is 452 g/mol. The molecular formula is C25H26N4O4S. The quantitative estimate of drug-likeness (QED) is 0.363. The Hall–Kier alpha value is -3.82. The van der Waals surface area contributed by atoms with Crippen molar-refractivity contribution in [2.45, 2.75) is 25.3 Å². The molecule has 0 aliphatic carbocycles. The van der Waals surface area contributed by atoms with E-state index in [1.165, 1.54) is 37.4 Å². The average molecular weight is 479 g/mol. The van der Waals surface area contributed by atoms with Gasteiger partial charge in [0.2, 0.25) is 15.9 Å². The van der Waals surface area contributed by atoms with Crippen LogP contribution in [0.15, 0.2) is 88.9 Å². The molecule has 0 unspecified atom stereocenters. The molecule has 0 heterocycles. The van der Waals surface area contributed by atoms with Crippen molar-refractivity contribution in [3.8, 4) is 0 Å². The Bertz CT molecular complexity index is 1270. The highest BCUT2D eigenvalue weighted by Crippen LogP contribution is 2.20. The van der Waals surface area contributed by atoms with Crippen LogP contribution in [-0.4, -0.2) is 37.3 Å². The lowest BCUT2D eigenvalue weighted by atomic mass is 10.2. The molecule has 8 nitrogen and oxygen atoms in total. The minimum absolute atomic E-state index is 0.00559. The summed E-state index contributed by atoms with van der Waals surface area (Å²) < 4.78 is 27.8. The Kier molecular flexibility index (Phi) is 8.29. The number of nitrogens with zero attached hydrogens (tertiary/aromatic N) is 2. The van der Waals surface area contributed by atoms with Gasteiger partial charge in [-0.2, -0.15) is 9.41 Å². The highest BCUT2D eigenvalue weighted by Gasteiger charge is 2.27. The summed E-state index contributed by atoms with van der Waals surface area (Å²) in [5.74, 6) is -0.831. The molecule has 3 rings (SSSR count). The predicted octanol–water partition coefficient (Wildman–Crippen LogP) is 3.29. The van der Waals surface area contributed by atoms with Crippen molar-refractivity contribution in [2.75, 3.05) is 11.9 Å². The van der Waals surface area contributed by atoms with Crippen LogP contribution in [0.2, 0.25) is 0 Å². The van der Waals surface area contributed by atoms with E-state index in [9.17, 15) is 18.0 Å². The van der Waals surface area contributed by atoms with Gasteiger partial charge in [0.1, 0.15) is 0 Å². The van der Waals surface area contributed by atoms with Crippen LogP contribution in [0.1, 0.15) is 23.6 Å². The molecule has 34 heavy (non-hydrogen) atoms. The lowest BCUT2D eigenvalue weighted by Crippen LogP contribution is -2.39. The van der Waals surface area contributed by atoms with Gasteiger partial charge >= 0.3 is 0 Å². The number of hydrogen-bond donors (Lipinski definition) is 2. The first kappa shape index (κ1) is 24.8. The summed E-state index contributed by atoms with van der Waals surface area (Å²) in [6, 6.07) is 22.4. The van der Waals surface area contributed by atoms with Crippen LogP contribution >= 0.6 is 0 Å². The Morgan fingerprint density at radius 1 is 0.971 bits per heavy atom. The van der Waals surface area contributed by atoms with E-state index in [1.807, 2.05) is 37.3 Å². The van der Waals surface area contributed by atoms with Crippen LogP contribution in [-0.2, 0) is 26.2 Å². The number of benzene rings is 3. The van der Waals surface area contributed by atoms with Crippen LogP contribution in [0.5, 0.6) is 0 Å². The molecule has 0 radical (unpaired) electrons. The van der Waals surface area contributed by atoms with Crippen molar-refractivity contribution in [3.63, 3.8) is 0 Å². The van der Waals surface area contributed by atoms with Gasteiger partial charge in [-0.05, 0) is 42.3 Å². The SMILES string of the molecule is CC(=O)Nc1ccc(S(=O)(=O)N(CC(=O)NN=Cc2cccc(C)c2)Cc2ccccc2)cc1. The summed E-state index contributed by atoms with van der Waals surface area (Å²) in [5, 5.41) is 6.55. The van der Waals surface area contributed by atoms with E-state index < -0.39 is 22.5 Å².